The van der Waals surface area contributed by atoms with Crippen LogP contribution in [0.15, 0.2) is 95.5 Å². The van der Waals surface area contributed by atoms with Gasteiger partial charge in [-0.05, 0) is 72.1 Å². The molecule has 5 aromatic rings. The van der Waals surface area contributed by atoms with Crippen LogP contribution in [0.2, 0.25) is 0 Å². The minimum Gasteiger partial charge on any atom is -0.497 e. The molecule has 2 amide bonds. The molecule has 46 heavy (non-hydrogen) atoms. The molecule has 0 unspecified atom stereocenters. The van der Waals surface area contributed by atoms with E-state index < -0.39 is 25.1 Å². The number of ether oxygens (including phenoxy) is 1. The maximum Gasteiger partial charge on any atom is 0.323 e. The van der Waals surface area contributed by atoms with Crippen LogP contribution in [0.3, 0.4) is 0 Å². The number of carboxylic acids is 1. The fourth-order valence-electron chi connectivity index (χ4n) is 4.78. The normalized spacial score (nSPS) is 10.8. The van der Waals surface area contributed by atoms with Crippen LogP contribution in [-0.4, -0.2) is 51.6 Å². The third-order valence-electron chi connectivity index (χ3n) is 7.25. The largest absolute Gasteiger partial charge is 0.497 e. The molecule has 1 heterocycles. The summed E-state index contributed by atoms with van der Waals surface area (Å²) in [6, 6.07) is 25.8. The van der Waals surface area contributed by atoms with Crippen LogP contribution < -0.4 is 10.1 Å². The summed E-state index contributed by atoms with van der Waals surface area (Å²) in [6.07, 6.45) is -0.0459. The van der Waals surface area contributed by atoms with Gasteiger partial charge >= 0.3 is 5.97 Å². The second-order valence-corrected chi connectivity index (χ2v) is 10.6. The van der Waals surface area contributed by atoms with Gasteiger partial charge in [0.15, 0.2) is 0 Å². The first-order chi connectivity index (χ1) is 22.2. The molecule has 0 radical (unpaired) electrons. The summed E-state index contributed by atoms with van der Waals surface area (Å²) in [4.78, 5) is 43.3. The molecule has 2 N–H and O–H groups in total. The number of rotatable bonds is 12. The van der Waals surface area contributed by atoms with Crippen LogP contribution in [0.4, 0.5) is 10.1 Å². The van der Waals surface area contributed by atoms with E-state index in [0.29, 0.717) is 45.4 Å². The maximum atomic E-state index is 13.5. The SMILES string of the molecule is COc1ccc(CC(=O)Nc2ccc(C(=O)N(CC(=O)O)Cc3ccc(-c4noc(-c5ccc(C)cc5)n4)cc3)cc2)c(CF)c1. The molecule has 0 aliphatic carbocycles. The molecule has 5 rings (SSSR count). The van der Waals surface area contributed by atoms with E-state index in [4.69, 9.17) is 9.26 Å². The number of carbonyl (C=O) groups excluding carboxylic acids is 2. The highest BCUT2D eigenvalue weighted by Gasteiger charge is 2.20. The Hall–Kier alpha value is -5.84. The van der Waals surface area contributed by atoms with E-state index in [9.17, 15) is 23.9 Å². The molecule has 0 fully saturated rings. The first-order valence-electron chi connectivity index (χ1n) is 14.3. The van der Waals surface area contributed by atoms with E-state index in [1.807, 2.05) is 31.2 Å². The maximum absolute atomic E-state index is 13.5. The van der Waals surface area contributed by atoms with E-state index in [-0.39, 0.29) is 24.4 Å². The number of nitrogens with zero attached hydrogens (tertiary/aromatic N) is 3. The molecular formula is C35H31FN4O6. The highest BCUT2D eigenvalue weighted by molar-refractivity contribution is 5.97. The molecule has 234 valence electrons. The highest BCUT2D eigenvalue weighted by atomic mass is 19.1. The molecule has 4 aromatic carbocycles. The van der Waals surface area contributed by atoms with Crippen molar-refractivity contribution in [2.24, 2.45) is 0 Å². The number of carbonyl (C=O) groups is 3. The standard InChI is InChI=1S/C35H31FN4O6/c1-22-3-7-25(8-4-22)34-38-33(39-46-34)24-9-5-23(6-10-24)20-40(21-32(42)43)35(44)26-11-14-29(15-12-26)37-31(41)18-27-13-16-30(45-2)17-28(27)19-36/h3-17H,18-21H2,1-2H3,(H,37,41)(H,42,43). The fourth-order valence-corrected chi connectivity index (χ4v) is 4.78. The number of halogens is 1. The van der Waals surface area contributed by atoms with E-state index in [2.05, 4.69) is 15.5 Å². The van der Waals surface area contributed by atoms with Crippen LogP contribution in [0.25, 0.3) is 22.8 Å². The molecule has 0 atom stereocenters. The molecule has 0 spiro atoms. The van der Waals surface area contributed by atoms with Gasteiger partial charge in [-0.25, -0.2) is 4.39 Å². The number of methoxy groups -OCH3 is 1. The Bertz CT molecular complexity index is 1840. The highest BCUT2D eigenvalue weighted by Crippen LogP contribution is 2.24. The number of amides is 2. The number of hydrogen-bond acceptors (Lipinski definition) is 7. The summed E-state index contributed by atoms with van der Waals surface area (Å²) in [7, 11) is 1.48. The molecule has 0 aliphatic rings. The van der Waals surface area contributed by atoms with Crippen molar-refractivity contribution in [2.75, 3.05) is 19.0 Å². The van der Waals surface area contributed by atoms with E-state index in [0.717, 1.165) is 11.1 Å². The van der Waals surface area contributed by atoms with Gasteiger partial charge in [-0.3, -0.25) is 14.4 Å². The molecule has 0 bridgehead atoms. The van der Waals surface area contributed by atoms with Crippen molar-refractivity contribution in [3.63, 3.8) is 0 Å². The number of benzene rings is 4. The smallest absolute Gasteiger partial charge is 0.323 e. The molecule has 0 saturated heterocycles. The predicted molar refractivity (Wildman–Crippen MR) is 169 cm³/mol. The number of aryl methyl sites for hydroxylation is 1. The van der Waals surface area contributed by atoms with Gasteiger partial charge in [0, 0.05) is 28.9 Å². The summed E-state index contributed by atoms with van der Waals surface area (Å²) in [5, 5.41) is 16.3. The quantitative estimate of drug-likeness (QED) is 0.171. The van der Waals surface area contributed by atoms with Gasteiger partial charge < -0.3 is 24.6 Å². The Morgan fingerprint density at radius 1 is 0.913 bits per heavy atom. The molecule has 0 aliphatic heterocycles. The Kier molecular flexibility index (Phi) is 9.81. The third-order valence-corrected chi connectivity index (χ3v) is 7.25. The van der Waals surface area contributed by atoms with Gasteiger partial charge in [0.2, 0.25) is 11.7 Å². The van der Waals surface area contributed by atoms with Crippen LogP contribution in [0.1, 0.15) is 32.6 Å². The summed E-state index contributed by atoms with van der Waals surface area (Å²) in [5.41, 5.74) is 4.92. The van der Waals surface area contributed by atoms with Gasteiger partial charge in [0.1, 0.15) is 19.0 Å². The summed E-state index contributed by atoms with van der Waals surface area (Å²) < 4.78 is 24.0. The minimum atomic E-state index is -1.16. The molecule has 10 nitrogen and oxygen atoms in total. The monoisotopic (exact) mass is 622 g/mol. The van der Waals surface area contributed by atoms with Crippen LogP contribution >= 0.6 is 0 Å². The number of hydrogen-bond donors (Lipinski definition) is 2. The second-order valence-electron chi connectivity index (χ2n) is 10.6. The van der Waals surface area contributed by atoms with Crippen molar-refractivity contribution in [1.82, 2.24) is 15.0 Å². The average molecular weight is 623 g/mol. The molecular weight excluding hydrogens is 591 g/mol. The van der Waals surface area contributed by atoms with Crippen molar-refractivity contribution in [3.05, 3.63) is 119 Å². The minimum absolute atomic E-state index is 0.0452. The first-order valence-corrected chi connectivity index (χ1v) is 14.3. The Morgan fingerprint density at radius 3 is 2.26 bits per heavy atom. The van der Waals surface area contributed by atoms with E-state index in [1.165, 1.54) is 24.1 Å². The van der Waals surface area contributed by atoms with Crippen molar-refractivity contribution >= 4 is 23.5 Å². The number of aromatic nitrogens is 2. The van der Waals surface area contributed by atoms with Crippen LogP contribution in [0.5, 0.6) is 5.75 Å². The van der Waals surface area contributed by atoms with Crippen molar-refractivity contribution in [3.8, 4) is 28.6 Å². The van der Waals surface area contributed by atoms with Crippen molar-refractivity contribution < 1.29 is 33.1 Å². The summed E-state index contributed by atoms with van der Waals surface area (Å²) in [6.45, 7) is 0.792. The van der Waals surface area contributed by atoms with Crippen molar-refractivity contribution in [1.29, 1.82) is 0 Å². The molecule has 0 saturated carbocycles. The lowest BCUT2D eigenvalue weighted by atomic mass is 10.0. The number of aliphatic carboxylic acids is 1. The zero-order chi connectivity index (χ0) is 32.6. The van der Waals surface area contributed by atoms with E-state index >= 15 is 0 Å². The summed E-state index contributed by atoms with van der Waals surface area (Å²) in [5.74, 6) is -0.707. The lowest BCUT2D eigenvalue weighted by Gasteiger charge is -2.21. The lowest BCUT2D eigenvalue weighted by Crippen LogP contribution is -2.35. The van der Waals surface area contributed by atoms with Crippen LogP contribution in [0, 0.1) is 6.92 Å². The topological polar surface area (TPSA) is 135 Å². The third kappa shape index (κ3) is 7.81. The van der Waals surface area contributed by atoms with Crippen LogP contribution in [-0.2, 0) is 29.2 Å². The van der Waals surface area contributed by atoms with Crippen molar-refractivity contribution in [2.45, 2.75) is 26.6 Å². The summed E-state index contributed by atoms with van der Waals surface area (Å²) >= 11 is 0. The lowest BCUT2D eigenvalue weighted by molar-refractivity contribution is -0.137. The predicted octanol–water partition coefficient (Wildman–Crippen LogP) is 6.10. The number of anilines is 1. The molecule has 11 heteroatoms. The zero-order valence-electron chi connectivity index (χ0n) is 25.2. The van der Waals surface area contributed by atoms with Gasteiger partial charge in [0.25, 0.3) is 11.8 Å². The fraction of sp³-hybridized carbons (Fsp3) is 0.171. The average Bonchev–Trinajstić information content (AvgIpc) is 3.55. The van der Waals surface area contributed by atoms with Gasteiger partial charge in [-0.2, -0.15) is 4.98 Å². The first kappa shape index (κ1) is 31.6. The van der Waals surface area contributed by atoms with Gasteiger partial charge in [0.05, 0.1) is 13.5 Å². The Morgan fingerprint density at radius 2 is 1.61 bits per heavy atom. The number of carboxylic acid groups (broad SMARTS) is 1. The Balaban J connectivity index is 1.23. The number of nitrogens with one attached hydrogen (secondary N) is 1. The van der Waals surface area contributed by atoms with Gasteiger partial charge in [-0.1, -0.05) is 53.2 Å². The van der Waals surface area contributed by atoms with Gasteiger partial charge in [-0.15, -0.1) is 0 Å². The number of alkyl halides is 1. The van der Waals surface area contributed by atoms with E-state index in [1.54, 1.807) is 54.6 Å². The second kappa shape index (κ2) is 14.3. The Labute approximate surface area is 264 Å². The molecule has 1 aromatic heterocycles. The zero-order valence-corrected chi connectivity index (χ0v) is 25.2.